The van der Waals surface area contributed by atoms with Crippen LogP contribution in [0.1, 0.15) is 36.0 Å². The van der Waals surface area contributed by atoms with Gasteiger partial charge < -0.3 is 0 Å². The molecule has 0 aliphatic heterocycles. The highest BCUT2D eigenvalue weighted by Crippen LogP contribution is 2.27. The molecule has 3 rings (SSSR count). The van der Waals surface area contributed by atoms with E-state index < -0.39 is 0 Å². The minimum Gasteiger partial charge on any atom is -0.298 e. The van der Waals surface area contributed by atoms with E-state index in [9.17, 15) is 0 Å². The number of aromatic nitrogens is 4. The van der Waals surface area contributed by atoms with Crippen molar-refractivity contribution in [2.24, 2.45) is 0 Å². The lowest BCUT2D eigenvalue weighted by Crippen LogP contribution is -2.01. The smallest absolute Gasteiger partial charge is 0.192 e. The molecule has 0 amide bonds. The van der Waals surface area contributed by atoms with Crippen molar-refractivity contribution < 1.29 is 0 Å². The Balaban J connectivity index is 1.75. The van der Waals surface area contributed by atoms with Crippen molar-refractivity contribution in [2.75, 3.05) is 0 Å². The Bertz CT molecular complexity index is 866. The largest absolute Gasteiger partial charge is 0.298 e. The first-order chi connectivity index (χ1) is 12.7. The van der Waals surface area contributed by atoms with Crippen LogP contribution in [0.3, 0.4) is 0 Å². The van der Waals surface area contributed by atoms with Gasteiger partial charge in [-0.2, -0.15) is 0 Å². The summed E-state index contributed by atoms with van der Waals surface area (Å²) in [6.07, 6.45) is 5.37. The lowest BCUT2D eigenvalue weighted by molar-refractivity contribution is 0.731. The van der Waals surface area contributed by atoms with Crippen molar-refractivity contribution in [3.8, 4) is 11.4 Å². The molecular formula is C20H24N4S2. The molecule has 0 unspecified atom stereocenters. The van der Waals surface area contributed by atoms with Gasteiger partial charge in [-0.1, -0.05) is 54.9 Å². The number of hydrogen-bond donors (Lipinski definition) is 0. The highest BCUT2D eigenvalue weighted by Gasteiger charge is 2.14. The number of nitrogens with zero attached hydrogens (tertiary/aromatic N) is 4. The van der Waals surface area contributed by atoms with Gasteiger partial charge in [0.05, 0.1) is 10.7 Å². The third kappa shape index (κ3) is 4.62. The summed E-state index contributed by atoms with van der Waals surface area (Å²) in [7, 11) is 0. The van der Waals surface area contributed by atoms with Crippen LogP contribution >= 0.6 is 23.1 Å². The third-order valence-electron chi connectivity index (χ3n) is 4.00. The summed E-state index contributed by atoms with van der Waals surface area (Å²) in [6, 6.07) is 8.35. The molecule has 0 N–H and O–H groups in total. The maximum Gasteiger partial charge on any atom is 0.192 e. The second kappa shape index (κ2) is 9.14. The standard InChI is InChI=1S/C20H24N4S2/c1-4-6-10-18-21-17(13-25-18)14-26-20-23-22-19(24(20)11-5-2)16-9-7-8-15(3)12-16/h5,7-9,12-13H,2,4,6,10-11,14H2,1,3H3. The predicted molar refractivity (Wildman–Crippen MR) is 111 cm³/mol. The van der Waals surface area contributed by atoms with Crippen LogP contribution in [0, 0.1) is 6.92 Å². The monoisotopic (exact) mass is 384 g/mol. The summed E-state index contributed by atoms with van der Waals surface area (Å²) >= 11 is 3.44. The van der Waals surface area contributed by atoms with Crippen LogP contribution in [-0.4, -0.2) is 19.7 Å². The van der Waals surface area contributed by atoms with E-state index in [0.29, 0.717) is 6.54 Å². The van der Waals surface area contributed by atoms with Gasteiger partial charge in [-0.15, -0.1) is 28.1 Å². The fourth-order valence-corrected chi connectivity index (χ4v) is 4.47. The zero-order valence-corrected chi connectivity index (χ0v) is 16.9. The molecule has 0 atom stereocenters. The lowest BCUT2D eigenvalue weighted by atomic mass is 10.1. The molecule has 3 aromatic rings. The van der Waals surface area contributed by atoms with E-state index >= 15 is 0 Å². The molecule has 26 heavy (non-hydrogen) atoms. The SMILES string of the molecule is C=CCn1c(SCc2csc(CCCC)n2)nnc1-c1cccc(C)c1. The maximum absolute atomic E-state index is 4.74. The van der Waals surface area contributed by atoms with Crippen LogP contribution in [0.2, 0.25) is 0 Å². The first-order valence-electron chi connectivity index (χ1n) is 8.88. The number of benzene rings is 1. The molecule has 0 bridgehead atoms. The highest BCUT2D eigenvalue weighted by molar-refractivity contribution is 7.98. The number of thioether (sulfide) groups is 1. The molecule has 0 aliphatic carbocycles. The van der Waals surface area contributed by atoms with Crippen molar-refractivity contribution in [3.63, 3.8) is 0 Å². The highest BCUT2D eigenvalue weighted by atomic mass is 32.2. The topological polar surface area (TPSA) is 43.6 Å². The number of thiazole rings is 1. The normalized spacial score (nSPS) is 11.0. The van der Waals surface area contributed by atoms with Gasteiger partial charge in [0.2, 0.25) is 0 Å². The van der Waals surface area contributed by atoms with Gasteiger partial charge in [-0.3, -0.25) is 4.57 Å². The molecule has 6 heteroatoms. The molecule has 0 saturated carbocycles. The van der Waals surface area contributed by atoms with Gasteiger partial charge in [-0.25, -0.2) is 4.98 Å². The molecule has 0 saturated heterocycles. The van der Waals surface area contributed by atoms with E-state index in [-0.39, 0.29) is 0 Å². The van der Waals surface area contributed by atoms with E-state index in [1.54, 1.807) is 23.1 Å². The zero-order chi connectivity index (χ0) is 18.4. The van der Waals surface area contributed by atoms with Crippen LogP contribution in [0.4, 0.5) is 0 Å². The number of hydrogen-bond acceptors (Lipinski definition) is 5. The molecular weight excluding hydrogens is 360 g/mol. The fraction of sp³-hybridized carbons (Fsp3) is 0.350. The van der Waals surface area contributed by atoms with Gasteiger partial charge >= 0.3 is 0 Å². The van der Waals surface area contributed by atoms with Crippen LogP contribution < -0.4 is 0 Å². The van der Waals surface area contributed by atoms with Crippen LogP contribution in [0.5, 0.6) is 0 Å². The van der Waals surface area contributed by atoms with E-state index in [1.165, 1.54) is 23.4 Å². The molecule has 0 aliphatic rings. The van der Waals surface area contributed by atoms with Gasteiger partial charge in [0, 0.05) is 23.2 Å². The minimum atomic E-state index is 0.692. The molecule has 1 aromatic carbocycles. The second-order valence-corrected chi connectivity index (χ2v) is 8.08. The van der Waals surface area contributed by atoms with Gasteiger partial charge in [0.1, 0.15) is 0 Å². The van der Waals surface area contributed by atoms with Crippen molar-refractivity contribution in [2.45, 2.75) is 50.6 Å². The summed E-state index contributed by atoms with van der Waals surface area (Å²) in [5, 5.41) is 13.1. The quantitative estimate of drug-likeness (QED) is 0.359. The van der Waals surface area contributed by atoms with Crippen LogP contribution in [0.15, 0.2) is 47.5 Å². The minimum absolute atomic E-state index is 0.692. The molecule has 4 nitrogen and oxygen atoms in total. The van der Waals surface area contributed by atoms with Crippen molar-refractivity contribution in [1.29, 1.82) is 0 Å². The van der Waals surface area contributed by atoms with Crippen LogP contribution in [-0.2, 0) is 18.7 Å². The Kier molecular flexibility index (Phi) is 6.63. The average molecular weight is 385 g/mol. The van der Waals surface area contributed by atoms with E-state index in [0.717, 1.165) is 34.4 Å². The summed E-state index contributed by atoms with van der Waals surface area (Å²) in [5.74, 6) is 1.70. The number of aryl methyl sites for hydroxylation is 2. The second-order valence-electron chi connectivity index (χ2n) is 6.20. The number of rotatable bonds is 9. The van der Waals surface area contributed by atoms with E-state index in [4.69, 9.17) is 4.98 Å². The van der Waals surface area contributed by atoms with Crippen LogP contribution in [0.25, 0.3) is 11.4 Å². The molecule has 0 radical (unpaired) electrons. The first kappa shape index (κ1) is 18.9. The average Bonchev–Trinajstić information content (AvgIpc) is 3.25. The van der Waals surface area contributed by atoms with Crippen molar-refractivity contribution >= 4 is 23.1 Å². The molecule has 2 aromatic heterocycles. The maximum atomic E-state index is 4.74. The van der Waals surface area contributed by atoms with E-state index in [1.807, 2.05) is 6.08 Å². The summed E-state index contributed by atoms with van der Waals surface area (Å²) < 4.78 is 2.12. The molecule has 0 spiro atoms. The first-order valence-corrected chi connectivity index (χ1v) is 10.7. The third-order valence-corrected chi connectivity index (χ3v) is 5.96. The van der Waals surface area contributed by atoms with Crippen molar-refractivity contribution in [1.82, 2.24) is 19.7 Å². The molecule has 0 fully saturated rings. The molecule has 136 valence electrons. The molecule has 2 heterocycles. The summed E-state index contributed by atoms with van der Waals surface area (Å²) in [4.78, 5) is 4.74. The Morgan fingerprint density at radius 2 is 2.19 bits per heavy atom. The van der Waals surface area contributed by atoms with Gasteiger partial charge in [0.25, 0.3) is 0 Å². The van der Waals surface area contributed by atoms with Crippen molar-refractivity contribution in [3.05, 3.63) is 58.6 Å². The lowest BCUT2D eigenvalue weighted by Gasteiger charge is -2.07. The summed E-state index contributed by atoms with van der Waals surface area (Å²) in [5.41, 5.74) is 3.42. The number of unbranched alkanes of at least 4 members (excludes halogenated alkanes) is 1. The van der Waals surface area contributed by atoms with E-state index in [2.05, 4.69) is 64.8 Å². The van der Waals surface area contributed by atoms with Gasteiger partial charge in [0.15, 0.2) is 11.0 Å². The Morgan fingerprint density at radius 3 is 2.96 bits per heavy atom. The zero-order valence-electron chi connectivity index (χ0n) is 15.3. The predicted octanol–water partition coefficient (Wildman–Crippen LogP) is 5.53. The summed E-state index contributed by atoms with van der Waals surface area (Å²) in [6.45, 7) is 8.87. The number of allylic oxidation sites excluding steroid dienone is 1. The Hall–Kier alpha value is -1.92. The Labute approximate surface area is 163 Å². The Morgan fingerprint density at radius 1 is 1.31 bits per heavy atom. The van der Waals surface area contributed by atoms with Gasteiger partial charge in [-0.05, 0) is 25.8 Å². The fourth-order valence-electron chi connectivity index (χ4n) is 2.68.